The van der Waals surface area contributed by atoms with Gasteiger partial charge >= 0.3 is 5.97 Å². The number of carbonyl (C=O) groups is 1. The number of hydrogen-bond acceptors (Lipinski definition) is 5. The van der Waals surface area contributed by atoms with Gasteiger partial charge in [-0.15, -0.1) is 0 Å². The van der Waals surface area contributed by atoms with Crippen LogP contribution in [0.3, 0.4) is 0 Å². The highest BCUT2D eigenvalue weighted by Gasteiger charge is 2.24. The Balaban J connectivity index is 4.34. The Morgan fingerprint density at radius 2 is 2.31 bits per heavy atom. The van der Waals surface area contributed by atoms with Gasteiger partial charge in [-0.25, -0.2) is 9.59 Å². The summed E-state index contributed by atoms with van der Waals surface area (Å²) in [4.78, 5) is 21.0. The van der Waals surface area contributed by atoms with Crippen LogP contribution in [-0.2, 0) is 14.3 Å². The van der Waals surface area contributed by atoms with Crippen LogP contribution in [0.25, 0.3) is 0 Å². The van der Waals surface area contributed by atoms with Crippen LogP contribution >= 0.6 is 0 Å². The molecule has 13 heavy (non-hydrogen) atoms. The van der Waals surface area contributed by atoms with E-state index in [1.807, 2.05) is 13.8 Å². The molecule has 0 amide bonds. The largest absolute Gasteiger partial charge is 0.467 e. The molecule has 0 radical (unpaired) electrons. The van der Waals surface area contributed by atoms with Gasteiger partial charge in [0.25, 0.3) is 6.08 Å². The number of isocyanates is 1. The van der Waals surface area contributed by atoms with E-state index in [-0.39, 0.29) is 5.92 Å². The number of hydrogen-bond donors (Lipinski definition) is 1. The molecule has 0 aromatic rings. The van der Waals surface area contributed by atoms with Crippen LogP contribution in [0.5, 0.6) is 0 Å². The number of carbonyl (C=O) groups excluding carboxylic acids is 2. The van der Waals surface area contributed by atoms with Gasteiger partial charge in [-0.1, -0.05) is 25.4 Å². The minimum absolute atomic E-state index is 0.0598. The number of esters is 1. The molecule has 74 valence electrons. The van der Waals surface area contributed by atoms with E-state index in [1.54, 1.807) is 0 Å². The number of methoxy groups -OCH3 is 1. The van der Waals surface area contributed by atoms with Gasteiger partial charge in [0.15, 0.2) is 0 Å². The third-order valence-corrected chi connectivity index (χ3v) is 1.92. The fourth-order valence-corrected chi connectivity index (χ4v) is 0.871. The number of ether oxygens (including phenoxy) is 1. The van der Waals surface area contributed by atoms with E-state index in [9.17, 15) is 9.59 Å². The summed E-state index contributed by atoms with van der Waals surface area (Å²) >= 11 is 0. The molecule has 1 N–H and O–H groups in total. The van der Waals surface area contributed by atoms with E-state index < -0.39 is 12.0 Å². The summed E-state index contributed by atoms with van der Waals surface area (Å²) in [6.45, 7) is 3.81. The summed E-state index contributed by atoms with van der Waals surface area (Å²) < 4.78 is 4.54. The van der Waals surface area contributed by atoms with Crippen LogP contribution in [-0.4, -0.2) is 25.2 Å². The number of nitrogens with one attached hydrogen (secondary N) is 1. The van der Waals surface area contributed by atoms with Crippen molar-refractivity contribution in [3.05, 3.63) is 0 Å². The Hall–Kier alpha value is -1.35. The lowest BCUT2D eigenvalue weighted by molar-refractivity contribution is -0.144. The zero-order valence-electron chi connectivity index (χ0n) is 8.03. The molecule has 5 heteroatoms. The van der Waals surface area contributed by atoms with Crippen LogP contribution < -0.4 is 5.43 Å². The smallest absolute Gasteiger partial charge is 0.330 e. The predicted octanol–water partition coefficient (Wildman–Crippen LogP) is 0.414. The van der Waals surface area contributed by atoms with Crippen molar-refractivity contribution in [2.24, 2.45) is 11.0 Å². The predicted molar refractivity (Wildman–Crippen MR) is 46.5 cm³/mol. The summed E-state index contributed by atoms with van der Waals surface area (Å²) in [5.74, 6) is -0.363. The standard InChI is InChI=1S/C8H14N2O3/c1-4-6(2)7(8(12)13-3)10-9-5-11/h6-7,10H,4H2,1-3H3/t6-,7-/m0/s1. The SMILES string of the molecule is CC[C@H](C)[C@H](NN=C=O)C(=O)OC. The topological polar surface area (TPSA) is 67.8 Å². The molecule has 0 bridgehead atoms. The maximum absolute atomic E-state index is 11.1. The summed E-state index contributed by atoms with van der Waals surface area (Å²) in [5.41, 5.74) is 2.40. The average Bonchev–Trinajstić information content (AvgIpc) is 2.17. The quantitative estimate of drug-likeness (QED) is 0.292. The average molecular weight is 186 g/mol. The summed E-state index contributed by atoms with van der Waals surface area (Å²) in [5, 5.41) is 3.15. The maximum Gasteiger partial charge on any atom is 0.330 e. The minimum Gasteiger partial charge on any atom is -0.467 e. The molecule has 0 heterocycles. The molecule has 0 fully saturated rings. The molecule has 0 unspecified atom stereocenters. The lowest BCUT2D eigenvalue weighted by Crippen LogP contribution is -2.39. The molecule has 0 saturated heterocycles. The highest BCUT2D eigenvalue weighted by Crippen LogP contribution is 2.08. The van der Waals surface area contributed by atoms with Crippen LogP contribution in [0.15, 0.2) is 5.10 Å². The molecule has 5 nitrogen and oxygen atoms in total. The van der Waals surface area contributed by atoms with Crippen molar-refractivity contribution in [3.63, 3.8) is 0 Å². The fourth-order valence-electron chi connectivity index (χ4n) is 0.871. The fraction of sp³-hybridized carbons (Fsp3) is 0.750. The van der Waals surface area contributed by atoms with E-state index >= 15 is 0 Å². The van der Waals surface area contributed by atoms with Crippen LogP contribution in [0.4, 0.5) is 0 Å². The molecule has 0 aliphatic heterocycles. The molecule has 0 aromatic heterocycles. The highest BCUT2D eigenvalue weighted by atomic mass is 16.5. The van der Waals surface area contributed by atoms with Crippen molar-refractivity contribution in [1.82, 2.24) is 5.43 Å². The van der Waals surface area contributed by atoms with Gasteiger partial charge in [-0.3, -0.25) is 5.43 Å². The van der Waals surface area contributed by atoms with Gasteiger partial charge in [-0.05, 0) is 5.92 Å². The van der Waals surface area contributed by atoms with Gasteiger partial charge in [0.2, 0.25) is 0 Å². The summed E-state index contributed by atoms with van der Waals surface area (Å²) in [6, 6.07) is -0.573. The minimum atomic E-state index is -0.573. The molecule has 0 spiro atoms. The first kappa shape index (κ1) is 11.6. The first-order valence-electron chi connectivity index (χ1n) is 4.07. The molecule has 0 aromatic carbocycles. The van der Waals surface area contributed by atoms with Crippen molar-refractivity contribution < 1.29 is 14.3 Å². The molecule has 0 aliphatic carbocycles. The second-order valence-electron chi connectivity index (χ2n) is 2.72. The molecular formula is C8H14N2O3. The Morgan fingerprint density at radius 3 is 2.69 bits per heavy atom. The van der Waals surface area contributed by atoms with Gasteiger partial charge in [0, 0.05) is 0 Å². The van der Waals surface area contributed by atoms with Crippen molar-refractivity contribution in [2.45, 2.75) is 26.3 Å². The van der Waals surface area contributed by atoms with E-state index in [1.165, 1.54) is 13.2 Å². The molecule has 0 aliphatic rings. The highest BCUT2D eigenvalue weighted by molar-refractivity contribution is 5.75. The normalized spacial score (nSPS) is 13.8. The third kappa shape index (κ3) is 3.71. The first-order chi connectivity index (χ1) is 6.17. The van der Waals surface area contributed by atoms with Crippen LogP contribution in [0.2, 0.25) is 0 Å². The zero-order chi connectivity index (χ0) is 10.3. The van der Waals surface area contributed by atoms with Crippen molar-refractivity contribution >= 4 is 12.0 Å². The Bertz CT molecular complexity index is 211. The van der Waals surface area contributed by atoms with Crippen molar-refractivity contribution in [3.8, 4) is 0 Å². The summed E-state index contributed by atoms with van der Waals surface area (Å²) in [6.07, 6.45) is 2.11. The lowest BCUT2D eigenvalue weighted by Gasteiger charge is -2.18. The van der Waals surface area contributed by atoms with Crippen molar-refractivity contribution in [1.29, 1.82) is 0 Å². The van der Waals surface area contributed by atoms with Gasteiger partial charge in [0.1, 0.15) is 6.04 Å². The van der Waals surface area contributed by atoms with E-state index in [4.69, 9.17) is 0 Å². The Morgan fingerprint density at radius 1 is 1.69 bits per heavy atom. The Labute approximate surface area is 77.1 Å². The van der Waals surface area contributed by atoms with E-state index in [0.29, 0.717) is 0 Å². The molecular weight excluding hydrogens is 172 g/mol. The first-order valence-corrected chi connectivity index (χ1v) is 4.07. The third-order valence-electron chi connectivity index (χ3n) is 1.92. The molecule has 0 rings (SSSR count). The zero-order valence-corrected chi connectivity index (χ0v) is 8.03. The number of rotatable bonds is 5. The second-order valence-corrected chi connectivity index (χ2v) is 2.72. The maximum atomic E-state index is 11.1. The number of nitrogens with zero attached hydrogens (tertiary/aromatic N) is 1. The van der Waals surface area contributed by atoms with E-state index in [0.717, 1.165) is 6.42 Å². The van der Waals surface area contributed by atoms with E-state index in [2.05, 4.69) is 15.3 Å². The van der Waals surface area contributed by atoms with Gasteiger partial charge in [0.05, 0.1) is 7.11 Å². The van der Waals surface area contributed by atoms with Crippen molar-refractivity contribution in [2.75, 3.05) is 7.11 Å². The van der Waals surface area contributed by atoms with Crippen LogP contribution in [0, 0.1) is 5.92 Å². The molecule has 0 saturated carbocycles. The summed E-state index contributed by atoms with van der Waals surface area (Å²) in [7, 11) is 1.30. The lowest BCUT2D eigenvalue weighted by atomic mass is 10.0. The van der Waals surface area contributed by atoms with Gasteiger partial charge < -0.3 is 4.74 Å². The second kappa shape index (κ2) is 6.20. The number of hydrazone groups is 1. The monoisotopic (exact) mass is 186 g/mol. The van der Waals surface area contributed by atoms with Crippen LogP contribution in [0.1, 0.15) is 20.3 Å². The Kier molecular flexibility index (Phi) is 5.55. The van der Waals surface area contributed by atoms with Gasteiger partial charge in [-0.2, -0.15) is 0 Å². The molecule has 2 atom stereocenters.